The molecule has 19 heteroatoms. The van der Waals surface area contributed by atoms with Gasteiger partial charge in [-0.15, -0.1) is 0 Å². The maximum absolute atomic E-state index is 15.4. The SMILES string of the molecule is CC(C)[C@H](NC(=O)CCC(=O)NC1[C@H]2CN(c3nc4c(cc3F)c(=O)c(C(=O)O)cn4-c3ccc(F)cc3F)C[C@@H]12)C(=O)OC(=O)C(F)(F)F. The van der Waals surface area contributed by atoms with Gasteiger partial charge in [-0.05, 0) is 24.1 Å². The number of ether oxygens (including phenoxy) is 1. The number of carboxylic acid groups (broad SMARTS) is 1. The van der Waals surface area contributed by atoms with Crippen LogP contribution >= 0.6 is 0 Å². The van der Waals surface area contributed by atoms with Crippen LogP contribution < -0.4 is 21.0 Å². The quantitative estimate of drug-likeness (QED) is 0.161. The first kappa shape index (κ1) is 35.8. The van der Waals surface area contributed by atoms with Gasteiger partial charge in [0, 0.05) is 56.1 Å². The number of benzene rings is 1. The number of rotatable bonds is 10. The van der Waals surface area contributed by atoms with Gasteiger partial charge in [0.1, 0.15) is 23.2 Å². The number of carboxylic acids is 1. The van der Waals surface area contributed by atoms with Crippen LogP contribution in [0.4, 0.5) is 32.2 Å². The summed E-state index contributed by atoms with van der Waals surface area (Å²) < 4.78 is 85.7. The third kappa shape index (κ3) is 7.25. The lowest BCUT2D eigenvalue weighted by molar-refractivity contribution is -0.202. The molecule has 1 saturated carbocycles. The van der Waals surface area contributed by atoms with Crippen molar-refractivity contribution < 1.29 is 60.2 Å². The zero-order valence-electron chi connectivity index (χ0n) is 26.0. The molecule has 1 saturated heterocycles. The Bertz CT molecular complexity index is 1970. The minimum absolute atomic E-state index is 0.179. The van der Waals surface area contributed by atoms with Crippen LogP contribution in [-0.4, -0.2) is 75.7 Å². The summed E-state index contributed by atoms with van der Waals surface area (Å²) in [4.78, 5) is 78.3. The van der Waals surface area contributed by atoms with Gasteiger partial charge in [0.25, 0.3) is 0 Å². The van der Waals surface area contributed by atoms with E-state index in [1.165, 1.54) is 18.7 Å². The van der Waals surface area contributed by atoms with Crippen molar-refractivity contribution in [3.63, 3.8) is 0 Å². The highest BCUT2D eigenvalue weighted by Gasteiger charge is 2.57. The third-order valence-electron chi connectivity index (χ3n) is 8.37. The molecular formula is C31H27F6N5O8. The van der Waals surface area contributed by atoms with Crippen LogP contribution in [0, 0.1) is 35.2 Å². The first-order valence-corrected chi connectivity index (χ1v) is 15.0. The first-order chi connectivity index (χ1) is 23.4. The molecule has 3 N–H and O–H groups in total. The highest BCUT2D eigenvalue weighted by molar-refractivity contribution is 5.94. The van der Waals surface area contributed by atoms with E-state index in [0.717, 1.165) is 29.0 Å². The summed E-state index contributed by atoms with van der Waals surface area (Å²) in [6.45, 7) is 3.15. The van der Waals surface area contributed by atoms with Gasteiger partial charge in [-0.25, -0.2) is 32.5 Å². The molecular weight excluding hydrogens is 684 g/mol. The number of alkyl halides is 3. The number of hydrogen-bond donors (Lipinski definition) is 3. The number of nitrogens with zero attached hydrogens (tertiary/aromatic N) is 3. The molecule has 13 nitrogen and oxygen atoms in total. The molecule has 266 valence electrons. The van der Waals surface area contributed by atoms with Gasteiger partial charge >= 0.3 is 24.1 Å². The van der Waals surface area contributed by atoms with Crippen LogP contribution in [0.2, 0.25) is 0 Å². The molecule has 4 atom stereocenters. The van der Waals surface area contributed by atoms with Crippen molar-refractivity contribution in [2.75, 3.05) is 18.0 Å². The summed E-state index contributed by atoms with van der Waals surface area (Å²) in [5.41, 5.74) is -2.50. The van der Waals surface area contributed by atoms with Crippen molar-refractivity contribution in [1.29, 1.82) is 0 Å². The van der Waals surface area contributed by atoms with Crippen molar-refractivity contribution in [3.05, 3.63) is 63.7 Å². The first-order valence-electron chi connectivity index (χ1n) is 15.0. The Hall–Kier alpha value is -5.49. The number of halogens is 6. The van der Waals surface area contributed by atoms with E-state index in [1.807, 2.05) is 0 Å². The second-order valence-electron chi connectivity index (χ2n) is 12.1. The zero-order valence-corrected chi connectivity index (χ0v) is 26.0. The maximum atomic E-state index is 15.4. The molecule has 2 aromatic heterocycles. The molecule has 3 aromatic rings. The number of carbonyl (C=O) groups is 5. The smallest absolute Gasteiger partial charge is 0.477 e. The zero-order chi connectivity index (χ0) is 36.8. The molecule has 0 radical (unpaired) electrons. The summed E-state index contributed by atoms with van der Waals surface area (Å²) in [5, 5.41) is 14.0. The molecule has 1 aliphatic heterocycles. The Morgan fingerprint density at radius 3 is 2.22 bits per heavy atom. The molecule has 1 aliphatic carbocycles. The maximum Gasteiger partial charge on any atom is 0.491 e. The number of aromatic nitrogens is 2. The fourth-order valence-corrected chi connectivity index (χ4v) is 5.80. The summed E-state index contributed by atoms with van der Waals surface area (Å²) in [5.74, 6) is -11.7. The minimum atomic E-state index is -5.42. The van der Waals surface area contributed by atoms with Gasteiger partial charge in [0.05, 0.1) is 11.1 Å². The van der Waals surface area contributed by atoms with E-state index in [9.17, 15) is 55.8 Å². The van der Waals surface area contributed by atoms with Crippen molar-refractivity contribution in [1.82, 2.24) is 20.2 Å². The molecule has 0 spiro atoms. The number of esters is 2. The predicted octanol–water partition coefficient (Wildman–Crippen LogP) is 2.61. The normalized spacial score (nSPS) is 18.8. The van der Waals surface area contributed by atoms with E-state index in [1.54, 1.807) is 0 Å². The standard InChI is InChI=1S/C31H27F6N5O8/c1-12(2)23(29(48)50-30(49)31(35,36)37)38-21(43)5-6-22(44)39-24-15-9-41(10-16(15)24)27-19(34)8-14-25(45)17(28(46)47)11-42(26(14)40-27)20-4-3-13(32)7-18(20)33/h3-4,7-8,11-12,15-16,23-24H,5-6,9-10H2,1-2H3,(H,38,43)(H,39,44)(H,46,47)/t15-,16+,23-,24?/m0/s1. The van der Waals surface area contributed by atoms with Crippen molar-refractivity contribution in [3.8, 4) is 5.69 Å². The largest absolute Gasteiger partial charge is 0.491 e. The Labute approximate surface area is 277 Å². The van der Waals surface area contributed by atoms with E-state index >= 15 is 4.39 Å². The van der Waals surface area contributed by atoms with E-state index in [0.29, 0.717) is 6.07 Å². The van der Waals surface area contributed by atoms with Gasteiger partial charge in [-0.3, -0.25) is 19.0 Å². The Morgan fingerprint density at radius 2 is 1.64 bits per heavy atom. The van der Waals surface area contributed by atoms with Gasteiger partial charge in [-0.1, -0.05) is 13.8 Å². The highest BCUT2D eigenvalue weighted by Crippen LogP contribution is 2.47. The summed E-state index contributed by atoms with van der Waals surface area (Å²) in [6, 6.07) is 1.30. The number of fused-ring (bicyclic) bond motifs is 2. The second kappa shape index (κ2) is 13.4. The van der Waals surface area contributed by atoms with E-state index in [2.05, 4.69) is 20.4 Å². The van der Waals surface area contributed by atoms with E-state index in [4.69, 9.17) is 0 Å². The predicted molar refractivity (Wildman–Crippen MR) is 158 cm³/mol. The van der Waals surface area contributed by atoms with Crippen LogP contribution in [0.5, 0.6) is 0 Å². The summed E-state index contributed by atoms with van der Waals surface area (Å²) in [7, 11) is 0. The molecule has 0 bridgehead atoms. The molecule has 2 amide bonds. The Balaban J connectivity index is 1.22. The lowest BCUT2D eigenvalue weighted by Gasteiger charge is -2.23. The van der Waals surface area contributed by atoms with Crippen molar-refractivity contribution >= 4 is 46.6 Å². The average molecular weight is 712 g/mol. The minimum Gasteiger partial charge on any atom is -0.477 e. The van der Waals surface area contributed by atoms with Crippen LogP contribution in [0.25, 0.3) is 16.7 Å². The Morgan fingerprint density at radius 1 is 1.00 bits per heavy atom. The number of carbonyl (C=O) groups excluding carboxylic acids is 4. The number of hydrogen-bond acceptors (Lipinski definition) is 9. The molecule has 3 heterocycles. The lowest BCUT2D eigenvalue weighted by Crippen LogP contribution is -2.47. The number of nitrogens with one attached hydrogen (secondary N) is 2. The van der Waals surface area contributed by atoms with Crippen molar-refractivity contribution in [2.24, 2.45) is 17.8 Å². The monoisotopic (exact) mass is 711 g/mol. The van der Waals surface area contributed by atoms with Gasteiger partial charge in [-0.2, -0.15) is 13.2 Å². The number of piperidine rings is 1. The molecule has 1 unspecified atom stereocenters. The van der Waals surface area contributed by atoms with Gasteiger partial charge < -0.3 is 25.4 Å². The number of amides is 2. The number of anilines is 1. The summed E-state index contributed by atoms with van der Waals surface area (Å²) in [6.07, 6.45) is -5.41. The fourth-order valence-electron chi connectivity index (χ4n) is 5.80. The van der Waals surface area contributed by atoms with E-state index in [-0.39, 0.29) is 54.5 Å². The molecule has 5 rings (SSSR count). The third-order valence-corrected chi connectivity index (χ3v) is 8.37. The number of pyridine rings is 2. The van der Waals surface area contributed by atoms with Gasteiger partial charge in [0.2, 0.25) is 17.2 Å². The molecule has 2 aliphatic rings. The lowest BCUT2D eigenvalue weighted by atomic mass is 10.0. The van der Waals surface area contributed by atoms with Crippen LogP contribution in [-0.2, 0) is 23.9 Å². The topological polar surface area (TPSA) is 177 Å². The van der Waals surface area contributed by atoms with Crippen molar-refractivity contribution in [2.45, 2.75) is 44.9 Å². The highest BCUT2D eigenvalue weighted by atomic mass is 19.4. The average Bonchev–Trinajstić information content (AvgIpc) is 3.43. The molecule has 2 fully saturated rings. The molecule has 50 heavy (non-hydrogen) atoms. The summed E-state index contributed by atoms with van der Waals surface area (Å²) >= 11 is 0. The Kier molecular flexibility index (Phi) is 9.62. The van der Waals surface area contributed by atoms with Crippen LogP contribution in [0.15, 0.2) is 35.3 Å². The molecule has 1 aromatic carbocycles. The van der Waals surface area contributed by atoms with E-state index < -0.39 is 88.1 Å². The number of aromatic carboxylic acids is 1. The van der Waals surface area contributed by atoms with Crippen LogP contribution in [0.1, 0.15) is 37.0 Å². The second-order valence-corrected chi connectivity index (χ2v) is 12.1. The fraction of sp³-hybridized carbons (Fsp3) is 0.387. The van der Waals surface area contributed by atoms with Crippen LogP contribution in [0.3, 0.4) is 0 Å². The van der Waals surface area contributed by atoms with Gasteiger partial charge in [0.15, 0.2) is 17.3 Å².